The third-order valence-electron chi connectivity index (χ3n) is 2.16. The average Bonchev–Trinajstić information content (AvgIpc) is 2.58. The third-order valence-corrected chi connectivity index (χ3v) is 3.62. The number of aliphatic imine (C=N–C) groups is 1. The Morgan fingerprint density at radius 1 is 1.53 bits per heavy atom. The molecule has 1 aromatic rings. The van der Waals surface area contributed by atoms with Crippen LogP contribution in [0.5, 0.6) is 0 Å². The molecule has 2 nitrogen and oxygen atoms in total. The van der Waals surface area contributed by atoms with E-state index in [0.29, 0.717) is 6.04 Å². The van der Waals surface area contributed by atoms with Crippen LogP contribution in [0.2, 0.25) is 5.02 Å². The Balaban J connectivity index is 2.17. The molecule has 0 amide bonds. The van der Waals surface area contributed by atoms with Crippen LogP contribution in [0.3, 0.4) is 0 Å². The fourth-order valence-corrected chi connectivity index (χ4v) is 2.47. The molecule has 1 heterocycles. The SMILES string of the molecule is Cc1ccc(Cl)c(NC2=NC(C)CS2)c1. The fraction of sp³-hybridized carbons (Fsp3) is 0.364. The van der Waals surface area contributed by atoms with Crippen molar-refractivity contribution in [1.29, 1.82) is 0 Å². The lowest BCUT2D eigenvalue weighted by Gasteiger charge is -2.07. The van der Waals surface area contributed by atoms with Crippen molar-refractivity contribution in [2.45, 2.75) is 19.9 Å². The highest BCUT2D eigenvalue weighted by atomic mass is 35.5. The summed E-state index contributed by atoms with van der Waals surface area (Å²) in [7, 11) is 0. The molecule has 1 aliphatic heterocycles. The molecule has 1 unspecified atom stereocenters. The van der Waals surface area contributed by atoms with Crippen LogP contribution in [0.4, 0.5) is 5.69 Å². The molecule has 15 heavy (non-hydrogen) atoms. The van der Waals surface area contributed by atoms with Crippen LogP contribution in [0.1, 0.15) is 12.5 Å². The largest absolute Gasteiger partial charge is 0.334 e. The first-order valence-corrected chi connectivity index (χ1v) is 6.25. The molecule has 80 valence electrons. The minimum Gasteiger partial charge on any atom is -0.334 e. The first-order chi connectivity index (χ1) is 7.15. The van der Waals surface area contributed by atoms with Gasteiger partial charge < -0.3 is 5.32 Å². The molecule has 0 aromatic heterocycles. The molecule has 0 radical (unpaired) electrons. The van der Waals surface area contributed by atoms with Gasteiger partial charge in [-0.25, -0.2) is 0 Å². The van der Waals surface area contributed by atoms with Crippen molar-refractivity contribution in [2.24, 2.45) is 4.99 Å². The van der Waals surface area contributed by atoms with Crippen LogP contribution >= 0.6 is 23.4 Å². The lowest BCUT2D eigenvalue weighted by atomic mass is 10.2. The van der Waals surface area contributed by atoms with Gasteiger partial charge in [0.25, 0.3) is 0 Å². The fourth-order valence-electron chi connectivity index (χ4n) is 1.39. The molecule has 1 atom stereocenters. The molecule has 2 rings (SSSR count). The number of anilines is 1. The number of aryl methyl sites for hydroxylation is 1. The van der Waals surface area contributed by atoms with E-state index in [1.165, 1.54) is 5.56 Å². The minimum absolute atomic E-state index is 0.404. The molecule has 1 aromatic carbocycles. The van der Waals surface area contributed by atoms with E-state index in [2.05, 4.69) is 17.2 Å². The monoisotopic (exact) mass is 240 g/mol. The van der Waals surface area contributed by atoms with Crippen LogP contribution in [0.25, 0.3) is 0 Å². The summed E-state index contributed by atoms with van der Waals surface area (Å²) in [6.45, 7) is 4.16. The van der Waals surface area contributed by atoms with Gasteiger partial charge in [-0.2, -0.15) is 0 Å². The van der Waals surface area contributed by atoms with Crippen molar-refractivity contribution in [3.8, 4) is 0 Å². The Hall–Kier alpha value is -0.670. The number of rotatable bonds is 1. The normalized spacial score (nSPS) is 20.2. The molecular formula is C11H13ClN2S. The number of amidine groups is 1. The predicted molar refractivity (Wildman–Crippen MR) is 69.2 cm³/mol. The van der Waals surface area contributed by atoms with E-state index >= 15 is 0 Å². The van der Waals surface area contributed by atoms with Crippen molar-refractivity contribution in [1.82, 2.24) is 0 Å². The average molecular weight is 241 g/mol. The highest BCUT2D eigenvalue weighted by Crippen LogP contribution is 2.26. The Labute approximate surface area is 99.1 Å². The molecule has 0 saturated heterocycles. The number of nitrogens with zero attached hydrogens (tertiary/aromatic N) is 1. The third kappa shape index (κ3) is 2.67. The van der Waals surface area contributed by atoms with Crippen LogP contribution in [0, 0.1) is 6.92 Å². The second kappa shape index (κ2) is 4.45. The van der Waals surface area contributed by atoms with Crippen molar-refractivity contribution < 1.29 is 0 Å². The van der Waals surface area contributed by atoms with E-state index < -0.39 is 0 Å². The summed E-state index contributed by atoms with van der Waals surface area (Å²) in [5, 5.41) is 4.97. The Morgan fingerprint density at radius 2 is 2.33 bits per heavy atom. The lowest BCUT2D eigenvalue weighted by molar-refractivity contribution is 0.865. The predicted octanol–water partition coefficient (Wildman–Crippen LogP) is 3.55. The van der Waals surface area contributed by atoms with Crippen LogP contribution in [0.15, 0.2) is 23.2 Å². The molecule has 0 spiro atoms. The maximum Gasteiger partial charge on any atom is 0.161 e. The van der Waals surface area contributed by atoms with Crippen molar-refractivity contribution in [3.05, 3.63) is 28.8 Å². The summed E-state index contributed by atoms with van der Waals surface area (Å²) in [5.74, 6) is 1.05. The van der Waals surface area contributed by atoms with E-state index in [1.54, 1.807) is 11.8 Å². The van der Waals surface area contributed by atoms with Crippen LogP contribution in [-0.2, 0) is 0 Å². The van der Waals surface area contributed by atoms with Gasteiger partial charge in [0.1, 0.15) is 0 Å². The number of benzene rings is 1. The van der Waals surface area contributed by atoms with Crippen molar-refractivity contribution in [2.75, 3.05) is 11.1 Å². The Kier molecular flexibility index (Phi) is 3.22. The minimum atomic E-state index is 0.404. The topological polar surface area (TPSA) is 24.4 Å². The molecule has 0 saturated carbocycles. The zero-order chi connectivity index (χ0) is 10.8. The van der Waals surface area contributed by atoms with Gasteiger partial charge >= 0.3 is 0 Å². The molecule has 0 aliphatic carbocycles. The van der Waals surface area contributed by atoms with Gasteiger partial charge in [-0.1, -0.05) is 29.4 Å². The highest BCUT2D eigenvalue weighted by Gasteiger charge is 2.14. The number of nitrogens with one attached hydrogen (secondary N) is 1. The Bertz CT molecular complexity index is 404. The van der Waals surface area contributed by atoms with Gasteiger partial charge in [0.05, 0.1) is 16.8 Å². The van der Waals surface area contributed by atoms with Crippen molar-refractivity contribution >= 4 is 34.2 Å². The van der Waals surface area contributed by atoms with Crippen molar-refractivity contribution in [3.63, 3.8) is 0 Å². The summed E-state index contributed by atoms with van der Waals surface area (Å²) in [4.78, 5) is 4.46. The van der Waals surface area contributed by atoms with Gasteiger partial charge in [-0.15, -0.1) is 0 Å². The maximum absolute atomic E-state index is 6.08. The first-order valence-electron chi connectivity index (χ1n) is 4.89. The molecule has 0 bridgehead atoms. The van der Waals surface area contributed by atoms with E-state index in [-0.39, 0.29) is 0 Å². The lowest BCUT2D eigenvalue weighted by Crippen LogP contribution is -2.05. The second-order valence-electron chi connectivity index (χ2n) is 3.70. The van der Waals surface area contributed by atoms with Crippen LogP contribution < -0.4 is 5.32 Å². The summed E-state index contributed by atoms with van der Waals surface area (Å²) in [6, 6.07) is 6.35. The summed E-state index contributed by atoms with van der Waals surface area (Å²) in [6.07, 6.45) is 0. The first kappa shape index (κ1) is 10.8. The number of hydrogen-bond acceptors (Lipinski definition) is 3. The summed E-state index contributed by atoms with van der Waals surface area (Å²) in [5.41, 5.74) is 2.13. The molecule has 1 N–H and O–H groups in total. The zero-order valence-corrected chi connectivity index (χ0v) is 10.3. The second-order valence-corrected chi connectivity index (χ2v) is 5.12. The van der Waals surface area contributed by atoms with E-state index in [9.17, 15) is 0 Å². The standard InChI is InChI=1S/C11H13ClN2S/c1-7-3-4-9(12)10(5-7)14-11-13-8(2)6-15-11/h3-5,8H,6H2,1-2H3,(H,13,14). The number of thioether (sulfide) groups is 1. The maximum atomic E-state index is 6.08. The molecule has 4 heteroatoms. The van der Waals surface area contributed by atoms with Gasteiger partial charge in [0.15, 0.2) is 5.17 Å². The van der Waals surface area contributed by atoms with Gasteiger partial charge in [-0.05, 0) is 31.5 Å². The number of halogens is 1. The van der Waals surface area contributed by atoms with Crippen LogP contribution in [-0.4, -0.2) is 17.0 Å². The molecule has 0 fully saturated rings. The smallest absolute Gasteiger partial charge is 0.161 e. The zero-order valence-electron chi connectivity index (χ0n) is 8.75. The van der Waals surface area contributed by atoms with Gasteiger partial charge in [0, 0.05) is 5.75 Å². The number of hydrogen-bond donors (Lipinski definition) is 1. The summed E-state index contributed by atoms with van der Waals surface area (Å²) < 4.78 is 0. The van der Waals surface area contributed by atoms with E-state index in [1.807, 2.05) is 25.1 Å². The van der Waals surface area contributed by atoms with Gasteiger partial charge in [-0.3, -0.25) is 4.99 Å². The van der Waals surface area contributed by atoms with E-state index in [0.717, 1.165) is 21.6 Å². The molecular weight excluding hydrogens is 228 g/mol. The summed E-state index contributed by atoms with van der Waals surface area (Å²) >= 11 is 7.82. The Morgan fingerprint density at radius 3 is 3.00 bits per heavy atom. The van der Waals surface area contributed by atoms with E-state index in [4.69, 9.17) is 11.6 Å². The quantitative estimate of drug-likeness (QED) is 0.812. The molecule has 1 aliphatic rings. The van der Waals surface area contributed by atoms with Gasteiger partial charge in [0.2, 0.25) is 0 Å². The highest BCUT2D eigenvalue weighted by molar-refractivity contribution is 8.14.